The number of rotatable bonds is 3. The number of aldehydes is 1. The molecule has 2 aromatic rings. The second kappa shape index (κ2) is 7.97. The fourth-order valence-electron chi connectivity index (χ4n) is 2.73. The van der Waals surface area contributed by atoms with Crippen molar-refractivity contribution in [1.29, 1.82) is 0 Å². The normalized spacial score (nSPS) is 17.0. The highest BCUT2D eigenvalue weighted by Crippen LogP contribution is 2.43. The Morgan fingerprint density at radius 3 is 2.46 bits per heavy atom. The zero-order valence-electron chi connectivity index (χ0n) is 14.9. The number of aliphatic hydroxyl groups excluding tert-OH is 1. The first kappa shape index (κ1) is 19.4. The van der Waals surface area contributed by atoms with Crippen LogP contribution in [0.2, 0.25) is 0 Å². The third kappa shape index (κ3) is 4.58. The number of aliphatic hydroxyl groups is 1. The molecular formula is C19H22N2O5. The van der Waals surface area contributed by atoms with Crippen LogP contribution in [-0.4, -0.2) is 29.0 Å². The summed E-state index contributed by atoms with van der Waals surface area (Å²) in [7, 11) is 1.61. The lowest BCUT2D eigenvalue weighted by Crippen LogP contribution is -2.34. The molecule has 0 aliphatic carbocycles. The summed E-state index contributed by atoms with van der Waals surface area (Å²) in [4.78, 5) is 20.5. The molecule has 0 aromatic heterocycles. The van der Waals surface area contributed by atoms with E-state index in [1.54, 1.807) is 25.2 Å². The van der Waals surface area contributed by atoms with Gasteiger partial charge in [-0.05, 0) is 19.9 Å². The van der Waals surface area contributed by atoms with Crippen LogP contribution in [0.15, 0.2) is 42.5 Å². The first-order chi connectivity index (χ1) is 12.3. The molecule has 1 aliphatic rings. The summed E-state index contributed by atoms with van der Waals surface area (Å²) >= 11 is 0. The number of ether oxygens (including phenoxy) is 1. The van der Waals surface area contributed by atoms with E-state index in [1.165, 1.54) is 6.07 Å². The number of anilines is 1. The van der Waals surface area contributed by atoms with Crippen molar-refractivity contribution in [3.63, 3.8) is 0 Å². The van der Waals surface area contributed by atoms with Crippen LogP contribution in [0, 0.1) is 10.1 Å². The molecule has 1 unspecified atom stereocenters. The first-order valence-electron chi connectivity index (χ1n) is 8.15. The van der Waals surface area contributed by atoms with Gasteiger partial charge in [0, 0.05) is 24.6 Å². The number of carbonyl (C=O) groups is 1. The van der Waals surface area contributed by atoms with Crippen molar-refractivity contribution in [1.82, 2.24) is 0 Å². The zero-order chi connectivity index (χ0) is 19.3. The van der Waals surface area contributed by atoms with Gasteiger partial charge in [0.1, 0.15) is 23.3 Å². The zero-order valence-corrected chi connectivity index (χ0v) is 14.9. The summed E-state index contributed by atoms with van der Waals surface area (Å²) in [6.45, 7) is 3.69. The van der Waals surface area contributed by atoms with E-state index in [2.05, 4.69) is 5.32 Å². The largest absolute Gasteiger partial charge is 0.487 e. The Morgan fingerprint density at radius 1 is 1.31 bits per heavy atom. The number of nitro groups is 1. The van der Waals surface area contributed by atoms with E-state index in [4.69, 9.17) is 4.74 Å². The topological polar surface area (TPSA) is 102 Å². The molecule has 26 heavy (non-hydrogen) atoms. The summed E-state index contributed by atoms with van der Waals surface area (Å²) in [5.74, 6) is 0.379. The number of nitrogens with one attached hydrogen (secondary N) is 1. The molecule has 0 saturated heterocycles. The van der Waals surface area contributed by atoms with Crippen molar-refractivity contribution in [2.75, 3.05) is 12.4 Å². The minimum Gasteiger partial charge on any atom is -0.487 e. The number of fused-ring (bicyclic) bond motifs is 1. The van der Waals surface area contributed by atoms with Crippen LogP contribution in [-0.2, 0) is 0 Å². The van der Waals surface area contributed by atoms with Crippen LogP contribution in [0.1, 0.15) is 42.3 Å². The van der Waals surface area contributed by atoms with E-state index in [9.17, 15) is 20.0 Å². The number of nitrogens with zero attached hydrogens (tertiary/aromatic N) is 1. The Bertz CT molecular complexity index is 790. The van der Waals surface area contributed by atoms with Gasteiger partial charge in [-0.25, -0.2) is 0 Å². The number of benzene rings is 2. The fourth-order valence-corrected chi connectivity index (χ4v) is 2.73. The number of hydrogen-bond acceptors (Lipinski definition) is 6. The van der Waals surface area contributed by atoms with Gasteiger partial charge in [-0.1, -0.05) is 30.3 Å². The smallest absolute Gasteiger partial charge is 0.296 e. The number of carbonyl (C=O) groups excluding carboxylic acids is 1. The maximum Gasteiger partial charge on any atom is 0.296 e. The highest BCUT2D eigenvalue weighted by molar-refractivity contribution is 5.74. The van der Waals surface area contributed by atoms with Gasteiger partial charge in [-0.2, -0.15) is 0 Å². The lowest BCUT2D eigenvalue weighted by molar-refractivity contribution is -0.384. The molecule has 0 fully saturated rings. The molecule has 138 valence electrons. The Hall–Kier alpha value is -2.93. The summed E-state index contributed by atoms with van der Waals surface area (Å²) < 4.78 is 5.69. The monoisotopic (exact) mass is 358 g/mol. The van der Waals surface area contributed by atoms with E-state index >= 15 is 0 Å². The Kier molecular flexibility index (Phi) is 5.94. The van der Waals surface area contributed by atoms with Gasteiger partial charge < -0.3 is 15.2 Å². The average molecular weight is 358 g/mol. The molecule has 0 spiro atoms. The van der Waals surface area contributed by atoms with Gasteiger partial charge in [-0.15, -0.1) is 0 Å². The van der Waals surface area contributed by atoms with Crippen LogP contribution in [0.3, 0.4) is 0 Å². The van der Waals surface area contributed by atoms with Crippen molar-refractivity contribution >= 4 is 17.7 Å². The summed E-state index contributed by atoms with van der Waals surface area (Å²) in [6.07, 6.45) is 0.623. The minimum atomic E-state index is -0.670. The lowest BCUT2D eigenvalue weighted by Gasteiger charge is -2.35. The molecule has 0 saturated carbocycles. The second-order valence-electron chi connectivity index (χ2n) is 6.52. The summed E-state index contributed by atoms with van der Waals surface area (Å²) in [6, 6.07) is 12.0. The molecule has 7 nitrogen and oxygen atoms in total. The Morgan fingerprint density at radius 2 is 1.96 bits per heavy atom. The van der Waals surface area contributed by atoms with Crippen molar-refractivity contribution in [2.24, 2.45) is 0 Å². The molecule has 1 heterocycles. The molecule has 2 aromatic carbocycles. The van der Waals surface area contributed by atoms with E-state index < -0.39 is 16.6 Å². The highest BCUT2D eigenvalue weighted by atomic mass is 16.6. The van der Waals surface area contributed by atoms with E-state index in [1.807, 2.05) is 32.0 Å². The predicted octanol–water partition coefficient (Wildman–Crippen LogP) is 3.73. The van der Waals surface area contributed by atoms with Gasteiger partial charge in [0.05, 0.1) is 17.1 Å². The predicted molar refractivity (Wildman–Crippen MR) is 98.8 cm³/mol. The quantitative estimate of drug-likeness (QED) is 0.492. The summed E-state index contributed by atoms with van der Waals surface area (Å²) in [5, 5.41) is 23.8. The molecule has 3 rings (SSSR count). The standard InChI is InChI=1S/C12H16N2O4.C7H6O/c1-12(2)6-10(15)7-4-8(13-3)9(14(16)17)5-11(7)18-12;8-6-7-4-2-1-3-5-7/h4-5,10,13,15H,6H2,1-3H3;1-6H. The van der Waals surface area contributed by atoms with Gasteiger partial charge in [0.2, 0.25) is 0 Å². The molecule has 1 aliphatic heterocycles. The Balaban J connectivity index is 0.000000254. The maximum absolute atomic E-state index is 11.0. The lowest BCUT2D eigenvalue weighted by atomic mass is 9.91. The van der Waals surface area contributed by atoms with Crippen LogP contribution < -0.4 is 10.1 Å². The van der Waals surface area contributed by atoms with Crippen molar-refractivity contribution in [3.8, 4) is 5.75 Å². The molecule has 0 amide bonds. The molecule has 2 N–H and O–H groups in total. The third-order valence-electron chi connectivity index (χ3n) is 3.96. The highest BCUT2D eigenvalue weighted by Gasteiger charge is 2.34. The third-order valence-corrected chi connectivity index (χ3v) is 3.96. The van der Waals surface area contributed by atoms with Crippen LogP contribution in [0.25, 0.3) is 0 Å². The van der Waals surface area contributed by atoms with E-state index in [0.717, 1.165) is 11.8 Å². The molecule has 0 radical (unpaired) electrons. The summed E-state index contributed by atoms with van der Waals surface area (Å²) in [5.41, 5.74) is 1.11. The van der Waals surface area contributed by atoms with Crippen molar-refractivity contribution in [3.05, 3.63) is 63.7 Å². The van der Waals surface area contributed by atoms with Gasteiger partial charge in [-0.3, -0.25) is 14.9 Å². The molecular weight excluding hydrogens is 336 g/mol. The van der Waals surface area contributed by atoms with Crippen LogP contribution in [0.4, 0.5) is 11.4 Å². The Labute approximate surface area is 151 Å². The maximum atomic E-state index is 11.0. The fraction of sp³-hybridized carbons (Fsp3) is 0.316. The number of hydrogen-bond donors (Lipinski definition) is 2. The van der Waals surface area contributed by atoms with E-state index in [0.29, 0.717) is 23.4 Å². The van der Waals surface area contributed by atoms with Crippen LogP contribution >= 0.6 is 0 Å². The molecule has 1 atom stereocenters. The van der Waals surface area contributed by atoms with Crippen LogP contribution in [0.5, 0.6) is 5.75 Å². The minimum absolute atomic E-state index is 0.0545. The van der Waals surface area contributed by atoms with E-state index in [-0.39, 0.29) is 5.69 Å². The second-order valence-corrected chi connectivity index (χ2v) is 6.52. The first-order valence-corrected chi connectivity index (χ1v) is 8.15. The SMILES string of the molecule is CNc1cc2c(cc1[N+](=O)[O-])OC(C)(C)CC2O.O=Cc1ccccc1. The van der Waals surface area contributed by atoms with Crippen molar-refractivity contribution < 1.29 is 19.6 Å². The number of nitro benzene ring substituents is 1. The average Bonchev–Trinajstić information content (AvgIpc) is 2.61. The van der Waals surface area contributed by atoms with Gasteiger partial charge in [0.15, 0.2) is 0 Å². The molecule has 7 heteroatoms. The van der Waals surface area contributed by atoms with Gasteiger partial charge in [0.25, 0.3) is 5.69 Å². The molecule has 0 bridgehead atoms. The van der Waals surface area contributed by atoms with Crippen molar-refractivity contribution in [2.45, 2.75) is 32.0 Å². The van der Waals surface area contributed by atoms with Gasteiger partial charge >= 0.3 is 0 Å².